The van der Waals surface area contributed by atoms with E-state index in [0.717, 1.165) is 18.3 Å². The molecule has 0 bridgehead atoms. The molecular weight excluding hydrogens is 485 g/mol. The van der Waals surface area contributed by atoms with E-state index in [-0.39, 0.29) is 35.7 Å². The molecule has 0 saturated carbocycles. The van der Waals surface area contributed by atoms with Gasteiger partial charge < -0.3 is 16.0 Å². The normalized spacial score (nSPS) is 22.8. The summed E-state index contributed by atoms with van der Waals surface area (Å²) in [5, 5.41) is 11.3. The van der Waals surface area contributed by atoms with Gasteiger partial charge in [-0.25, -0.2) is 26.6 Å². The topological polar surface area (TPSA) is 142 Å². The standard InChI is InChI=1S/C22H21F3N6O3S/c1-21(11-35(33,34)22(20(27)30-21)9-31(2)10-22)15-6-13(3-4-16(15)23)29-19(32)17-14(18(24)25)5-12(7-26)8-28-17/h3-6,8,18H,9-11H2,1-2H3,(H2,27,30)(H,29,32)/t21-/m0/s1. The van der Waals surface area contributed by atoms with Crippen molar-refractivity contribution in [2.45, 2.75) is 23.6 Å². The SMILES string of the molecule is CN1CC2(C1)C(N)=N[C@](C)(c1cc(NC(=O)c3ncc(C#N)cc3C(F)F)ccc1F)CS2(=O)=O. The van der Waals surface area contributed by atoms with Crippen LogP contribution in [0.5, 0.6) is 0 Å². The van der Waals surface area contributed by atoms with Crippen molar-refractivity contribution < 1.29 is 26.4 Å². The minimum Gasteiger partial charge on any atom is -0.386 e. The van der Waals surface area contributed by atoms with Gasteiger partial charge in [0, 0.05) is 30.5 Å². The minimum atomic E-state index is -3.81. The molecule has 2 aromatic rings. The molecule has 1 fully saturated rings. The first-order chi connectivity index (χ1) is 16.3. The van der Waals surface area contributed by atoms with Crippen molar-refractivity contribution in [3.05, 3.63) is 58.7 Å². The third-order valence-electron chi connectivity index (χ3n) is 6.25. The monoisotopic (exact) mass is 506 g/mol. The van der Waals surface area contributed by atoms with Gasteiger partial charge in [-0.05, 0) is 38.2 Å². The molecule has 3 N–H and O–H groups in total. The Hall–Kier alpha value is -3.50. The Morgan fingerprint density at radius 3 is 2.57 bits per heavy atom. The number of carbonyl (C=O) groups is 1. The van der Waals surface area contributed by atoms with Crippen LogP contribution in [0.15, 0.2) is 35.5 Å². The number of likely N-dealkylation sites (tertiary alicyclic amines) is 1. The van der Waals surface area contributed by atoms with Crippen molar-refractivity contribution >= 4 is 27.3 Å². The molecule has 1 amide bonds. The maximum atomic E-state index is 14.9. The highest BCUT2D eigenvalue weighted by atomic mass is 32.2. The molecule has 1 aromatic heterocycles. The quantitative estimate of drug-likeness (QED) is 0.646. The van der Waals surface area contributed by atoms with Gasteiger partial charge >= 0.3 is 0 Å². The highest BCUT2D eigenvalue weighted by Crippen LogP contribution is 2.42. The highest BCUT2D eigenvalue weighted by molar-refractivity contribution is 7.93. The summed E-state index contributed by atoms with van der Waals surface area (Å²) in [6.07, 6.45) is -2.09. The first-order valence-corrected chi connectivity index (χ1v) is 12.0. The maximum absolute atomic E-state index is 14.9. The number of nitrogens with one attached hydrogen (secondary N) is 1. The number of alkyl halides is 2. The number of amidine groups is 1. The van der Waals surface area contributed by atoms with Crippen LogP contribution >= 0.6 is 0 Å². The Labute approximate surface area is 199 Å². The summed E-state index contributed by atoms with van der Waals surface area (Å²) in [4.78, 5) is 22.5. The zero-order valence-electron chi connectivity index (χ0n) is 18.7. The number of aromatic nitrogens is 1. The molecule has 2 aliphatic heterocycles. The van der Waals surface area contributed by atoms with Crippen LogP contribution in [-0.4, -0.2) is 60.7 Å². The molecular formula is C22H21F3N6O3S. The fourth-order valence-electron chi connectivity index (χ4n) is 4.49. The van der Waals surface area contributed by atoms with E-state index in [9.17, 15) is 26.4 Å². The highest BCUT2D eigenvalue weighted by Gasteiger charge is 2.60. The Kier molecular flexibility index (Phi) is 5.85. The van der Waals surface area contributed by atoms with E-state index < -0.39 is 55.3 Å². The van der Waals surface area contributed by atoms with Crippen LogP contribution in [0.2, 0.25) is 0 Å². The number of carbonyl (C=O) groups excluding carboxylic acids is 1. The second kappa shape index (κ2) is 8.31. The molecule has 0 radical (unpaired) electrons. The molecule has 13 heteroatoms. The van der Waals surface area contributed by atoms with Crippen LogP contribution in [0.25, 0.3) is 0 Å². The number of anilines is 1. The molecule has 1 saturated heterocycles. The van der Waals surface area contributed by atoms with E-state index in [2.05, 4.69) is 15.3 Å². The number of aliphatic imine (C=N–C) groups is 1. The summed E-state index contributed by atoms with van der Waals surface area (Å²) in [5.41, 5.74) is 2.91. The summed E-state index contributed by atoms with van der Waals surface area (Å²) < 4.78 is 66.7. The molecule has 0 aliphatic carbocycles. The smallest absolute Gasteiger partial charge is 0.274 e. The number of rotatable bonds is 4. The van der Waals surface area contributed by atoms with Gasteiger partial charge in [0.15, 0.2) is 14.6 Å². The van der Waals surface area contributed by atoms with Crippen molar-refractivity contribution in [2.75, 3.05) is 31.2 Å². The number of amides is 1. The minimum absolute atomic E-state index is 0.00818. The number of nitrogens with two attached hydrogens (primary N) is 1. The molecule has 9 nitrogen and oxygen atoms in total. The number of nitrogens with zero attached hydrogens (tertiary/aromatic N) is 4. The van der Waals surface area contributed by atoms with Gasteiger partial charge in [-0.3, -0.25) is 9.79 Å². The third kappa shape index (κ3) is 4.02. The molecule has 1 aromatic carbocycles. The zero-order valence-corrected chi connectivity index (χ0v) is 19.5. The summed E-state index contributed by atoms with van der Waals surface area (Å²) in [5.74, 6) is -2.40. The van der Waals surface area contributed by atoms with Crippen molar-refractivity contribution in [1.82, 2.24) is 9.88 Å². The van der Waals surface area contributed by atoms with Crippen LogP contribution in [0.4, 0.5) is 18.9 Å². The molecule has 1 atom stereocenters. The summed E-state index contributed by atoms with van der Waals surface area (Å²) >= 11 is 0. The largest absolute Gasteiger partial charge is 0.386 e. The van der Waals surface area contributed by atoms with Crippen molar-refractivity contribution in [3.8, 4) is 6.07 Å². The molecule has 0 unspecified atom stereocenters. The van der Waals surface area contributed by atoms with E-state index >= 15 is 0 Å². The lowest BCUT2D eigenvalue weighted by molar-refractivity contribution is 0.100. The molecule has 3 heterocycles. The average Bonchev–Trinajstić information content (AvgIpc) is 2.75. The molecule has 184 valence electrons. The van der Waals surface area contributed by atoms with Gasteiger partial charge in [0.2, 0.25) is 0 Å². The number of pyridine rings is 1. The van der Waals surface area contributed by atoms with E-state index in [1.165, 1.54) is 19.1 Å². The molecule has 4 rings (SSSR count). The Balaban J connectivity index is 1.69. The lowest BCUT2D eigenvalue weighted by atomic mass is 9.91. The first-order valence-electron chi connectivity index (χ1n) is 10.4. The number of benzene rings is 1. The maximum Gasteiger partial charge on any atom is 0.274 e. The van der Waals surface area contributed by atoms with E-state index in [0.29, 0.717) is 0 Å². The number of hydrogen-bond acceptors (Lipinski definition) is 8. The van der Waals surface area contributed by atoms with Crippen LogP contribution in [-0.2, 0) is 15.4 Å². The Bertz CT molecular complexity index is 1400. The number of nitriles is 1. The van der Waals surface area contributed by atoms with Crippen LogP contribution < -0.4 is 11.1 Å². The fraction of sp³-hybridized carbons (Fsp3) is 0.364. The Morgan fingerprint density at radius 2 is 2.00 bits per heavy atom. The van der Waals surface area contributed by atoms with Gasteiger partial charge in [-0.15, -0.1) is 0 Å². The number of halogens is 3. The Morgan fingerprint density at radius 1 is 1.31 bits per heavy atom. The van der Waals surface area contributed by atoms with Crippen LogP contribution in [0.1, 0.15) is 40.5 Å². The fourth-order valence-corrected chi connectivity index (χ4v) is 6.93. The number of sulfone groups is 1. The van der Waals surface area contributed by atoms with Crippen LogP contribution in [0, 0.1) is 17.1 Å². The number of hydrogen-bond donors (Lipinski definition) is 2. The molecule has 2 aliphatic rings. The summed E-state index contributed by atoms with van der Waals surface area (Å²) in [6, 6.07) is 5.93. The zero-order chi connectivity index (χ0) is 25.8. The predicted octanol–water partition coefficient (Wildman–Crippen LogP) is 1.97. The van der Waals surface area contributed by atoms with Crippen LogP contribution in [0.3, 0.4) is 0 Å². The lowest BCUT2D eigenvalue weighted by Gasteiger charge is -2.51. The van der Waals surface area contributed by atoms with Crippen molar-refractivity contribution in [3.63, 3.8) is 0 Å². The summed E-state index contributed by atoms with van der Waals surface area (Å²) in [6.45, 7) is 1.79. The lowest BCUT2D eigenvalue weighted by Crippen LogP contribution is -2.73. The van der Waals surface area contributed by atoms with Gasteiger partial charge in [-0.1, -0.05) is 0 Å². The third-order valence-corrected chi connectivity index (χ3v) is 8.85. The van der Waals surface area contributed by atoms with Crippen molar-refractivity contribution in [2.24, 2.45) is 10.7 Å². The molecule has 1 spiro atoms. The summed E-state index contributed by atoms with van der Waals surface area (Å²) in [7, 11) is -2.07. The van der Waals surface area contributed by atoms with E-state index in [4.69, 9.17) is 11.0 Å². The molecule has 35 heavy (non-hydrogen) atoms. The van der Waals surface area contributed by atoms with Gasteiger partial charge in [-0.2, -0.15) is 5.26 Å². The first kappa shape index (κ1) is 24.6. The second-order valence-corrected chi connectivity index (χ2v) is 11.2. The second-order valence-electron chi connectivity index (χ2n) is 8.92. The van der Waals surface area contributed by atoms with Gasteiger partial charge in [0.05, 0.1) is 16.9 Å². The van der Waals surface area contributed by atoms with E-state index in [1.54, 1.807) is 18.0 Å². The van der Waals surface area contributed by atoms with Gasteiger partial charge in [0.25, 0.3) is 12.3 Å². The van der Waals surface area contributed by atoms with Crippen molar-refractivity contribution in [1.29, 1.82) is 5.26 Å². The van der Waals surface area contributed by atoms with Gasteiger partial charge in [0.1, 0.15) is 29.0 Å². The predicted molar refractivity (Wildman–Crippen MR) is 121 cm³/mol. The van der Waals surface area contributed by atoms with E-state index in [1.807, 2.05) is 0 Å². The average molecular weight is 507 g/mol.